The third-order valence-electron chi connectivity index (χ3n) is 2.46. The Hall–Kier alpha value is -1.02. The minimum Gasteiger partial charge on any atom is -0.324 e. The quantitative estimate of drug-likeness (QED) is 0.807. The number of alkyl halides is 6. The van der Waals surface area contributed by atoms with Crippen LogP contribution in [0.15, 0.2) is 18.2 Å². The molecule has 0 saturated carbocycles. The highest BCUT2D eigenvalue weighted by Crippen LogP contribution is 2.34. The van der Waals surface area contributed by atoms with Gasteiger partial charge in [0, 0.05) is 12.5 Å². The van der Waals surface area contributed by atoms with Gasteiger partial charge < -0.3 is 5.73 Å². The summed E-state index contributed by atoms with van der Waals surface area (Å²) in [6.07, 6.45) is -11.1. The first-order valence-corrected chi connectivity index (χ1v) is 5.19. The summed E-state index contributed by atoms with van der Waals surface area (Å²) < 4.78 is 86.1. The first kappa shape index (κ1) is 19.0. The molecule has 0 saturated heterocycles. The SMILES string of the molecule is Cl.N[C@H](CCC(F)(F)F)c1ccc(F)c(C(F)(F)F)c1. The molecule has 1 rings (SSSR count). The molecule has 1 aromatic rings. The van der Waals surface area contributed by atoms with Gasteiger partial charge in [0.2, 0.25) is 0 Å². The highest BCUT2D eigenvalue weighted by atomic mass is 35.5. The molecule has 0 aliphatic carbocycles. The van der Waals surface area contributed by atoms with Crippen molar-refractivity contribution >= 4 is 12.4 Å². The van der Waals surface area contributed by atoms with Gasteiger partial charge in [-0.3, -0.25) is 0 Å². The zero-order valence-electron chi connectivity index (χ0n) is 9.85. The molecule has 0 heterocycles. The Kier molecular flexibility index (Phi) is 6.28. The molecule has 0 amide bonds. The third kappa shape index (κ3) is 5.54. The normalized spacial score (nSPS) is 13.8. The van der Waals surface area contributed by atoms with E-state index in [2.05, 4.69) is 0 Å². The molecule has 0 bridgehead atoms. The lowest BCUT2D eigenvalue weighted by atomic mass is 10.00. The predicted molar refractivity (Wildman–Crippen MR) is 60.9 cm³/mol. The lowest BCUT2D eigenvalue weighted by Crippen LogP contribution is -2.17. The zero-order chi connectivity index (χ0) is 14.8. The monoisotopic (exact) mass is 325 g/mol. The van der Waals surface area contributed by atoms with Crippen molar-refractivity contribution in [2.24, 2.45) is 5.73 Å². The van der Waals surface area contributed by atoms with E-state index in [1.807, 2.05) is 0 Å². The second-order valence-corrected chi connectivity index (χ2v) is 4.00. The van der Waals surface area contributed by atoms with Gasteiger partial charge in [-0.15, -0.1) is 12.4 Å². The van der Waals surface area contributed by atoms with Crippen molar-refractivity contribution in [2.75, 3.05) is 0 Å². The van der Waals surface area contributed by atoms with E-state index < -0.39 is 42.6 Å². The van der Waals surface area contributed by atoms with Gasteiger partial charge in [-0.1, -0.05) is 6.07 Å². The van der Waals surface area contributed by atoms with E-state index in [1.165, 1.54) is 0 Å². The van der Waals surface area contributed by atoms with Crippen LogP contribution in [0.3, 0.4) is 0 Å². The highest BCUT2D eigenvalue weighted by Gasteiger charge is 2.35. The van der Waals surface area contributed by atoms with E-state index in [0.29, 0.717) is 12.1 Å². The molecule has 1 nitrogen and oxygen atoms in total. The van der Waals surface area contributed by atoms with E-state index in [0.717, 1.165) is 6.07 Å². The van der Waals surface area contributed by atoms with Crippen LogP contribution in [-0.4, -0.2) is 6.18 Å². The van der Waals surface area contributed by atoms with Gasteiger partial charge in [0.25, 0.3) is 0 Å². The maximum absolute atomic E-state index is 13.0. The topological polar surface area (TPSA) is 26.0 Å². The maximum Gasteiger partial charge on any atom is 0.419 e. The smallest absolute Gasteiger partial charge is 0.324 e. The summed E-state index contributed by atoms with van der Waals surface area (Å²) in [7, 11) is 0. The average Bonchev–Trinajstić information content (AvgIpc) is 2.24. The Balaban J connectivity index is 0.00000361. The van der Waals surface area contributed by atoms with Crippen LogP contribution < -0.4 is 5.73 Å². The van der Waals surface area contributed by atoms with Crippen LogP contribution >= 0.6 is 12.4 Å². The van der Waals surface area contributed by atoms with Gasteiger partial charge in [-0.05, 0) is 24.1 Å². The zero-order valence-corrected chi connectivity index (χ0v) is 10.7. The summed E-state index contributed by atoms with van der Waals surface area (Å²) in [4.78, 5) is 0. The molecule has 1 atom stereocenters. The molecule has 116 valence electrons. The Morgan fingerprint density at radius 3 is 2.05 bits per heavy atom. The number of hydrogen-bond acceptors (Lipinski definition) is 1. The van der Waals surface area contributed by atoms with Crippen molar-refractivity contribution in [3.05, 3.63) is 35.1 Å². The van der Waals surface area contributed by atoms with Gasteiger partial charge in [-0.25, -0.2) is 4.39 Å². The Labute approximate surface area is 116 Å². The highest BCUT2D eigenvalue weighted by molar-refractivity contribution is 5.85. The van der Waals surface area contributed by atoms with Gasteiger partial charge in [0.15, 0.2) is 0 Å². The number of nitrogens with two attached hydrogens (primary N) is 1. The van der Waals surface area contributed by atoms with Crippen LogP contribution in [-0.2, 0) is 6.18 Å². The van der Waals surface area contributed by atoms with E-state index in [4.69, 9.17) is 5.73 Å². The molecular formula is C11H11ClF7N. The van der Waals surface area contributed by atoms with Crippen molar-refractivity contribution < 1.29 is 30.7 Å². The lowest BCUT2D eigenvalue weighted by Gasteiger charge is -2.16. The van der Waals surface area contributed by atoms with Gasteiger partial charge >= 0.3 is 12.4 Å². The first-order valence-electron chi connectivity index (χ1n) is 5.19. The predicted octanol–water partition coefficient (Wildman–Crippen LogP) is 4.61. The van der Waals surface area contributed by atoms with Gasteiger partial charge in [0.1, 0.15) is 5.82 Å². The van der Waals surface area contributed by atoms with Crippen LogP contribution in [0.4, 0.5) is 30.7 Å². The molecule has 9 heteroatoms. The van der Waals surface area contributed by atoms with E-state index >= 15 is 0 Å². The standard InChI is InChI=1S/C11H10F7N.ClH/c12-8-2-1-6(5-7(8)11(16,17)18)9(19)3-4-10(13,14)15;/h1-2,5,9H,3-4,19H2;1H/t9-;/m1./s1. The largest absolute Gasteiger partial charge is 0.419 e. The summed E-state index contributed by atoms with van der Waals surface area (Å²) in [5, 5.41) is 0. The number of benzene rings is 1. The molecule has 0 aliphatic heterocycles. The third-order valence-corrected chi connectivity index (χ3v) is 2.46. The Bertz CT molecular complexity index is 441. The fourth-order valence-corrected chi connectivity index (χ4v) is 1.48. The van der Waals surface area contributed by atoms with Crippen molar-refractivity contribution in [2.45, 2.75) is 31.2 Å². The van der Waals surface area contributed by atoms with Crippen LogP contribution in [0.1, 0.15) is 30.0 Å². The van der Waals surface area contributed by atoms with Crippen molar-refractivity contribution in [1.82, 2.24) is 0 Å². The first-order chi connectivity index (χ1) is 8.50. The van der Waals surface area contributed by atoms with Crippen LogP contribution in [0.25, 0.3) is 0 Å². The van der Waals surface area contributed by atoms with E-state index in [9.17, 15) is 30.7 Å². The number of halogens is 8. The van der Waals surface area contributed by atoms with Crippen molar-refractivity contribution in [3.63, 3.8) is 0 Å². The minimum absolute atomic E-state index is 0. The molecule has 0 radical (unpaired) electrons. The fourth-order valence-electron chi connectivity index (χ4n) is 1.48. The summed E-state index contributed by atoms with van der Waals surface area (Å²) >= 11 is 0. The molecule has 0 aromatic heterocycles. The summed E-state index contributed by atoms with van der Waals surface area (Å²) in [6, 6.07) is 0.705. The lowest BCUT2D eigenvalue weighted by molar-refractivity contribution is -0.140. The molecule has 1 aromatic carbocycles. The molecule has 0 spiro atoms. The number of hydrogen-bond donors (Lipinski definition) is 1. The second-order valence-electron chi connectivity index (χ2n) is 4.00. The van der Waals surface area contributed by atoms with Crippen molar-refractivity contribution in [1.29, 1.82) is 0 Å². The molecular weight excluding hydrogens is 315 g/mol. The average molecular weight is 326 g/mol. The molecule has 0 fully saturated rings. The summed E-state index contributed by atoms with van der Waals surface area (Å²) in [6.45, 7) is 0. The van der Waals surface area contributed by atoms with Crippen LogP contribution in [0.5, 0.6) is 0 Å². The minimum atomic E-state index is -4.91. The maximum atomic E-state index is 13.0. The summed E-state index contributed by atoms with van der Waals surface area (Å²) in [5.41, 5.74) is 3.66. The van der Waals surface area contributed by atoms with E-state index in [-0.39, 0.29) is 18.0 Å². The van der Waals surface area contributed by atoms with E-state index in [1.54, 1.807) is 0 Å². The van der Waals surface area contributed by atoms with Gasteiger partial charge in [-0.2, -0.15) is 26.3 Å². The Morgan fingerprint density at radius 2 is 1.60 bits per heavy atom. The fraction of sp³-hybridized carbons (Fsp3) is 0.455. The van der Waals surface area contributed by atoms with Crippen LogP contribution in [0.2, 0.25) is 0 Å². The summed E-state index contributed by atoms with van der Waals surface area (Å²) in [5.74, 6) is -1.49. The Morgan fingerprint density at radius 1 is 1.05 bits per heavy atom. The number of rotatable bonds is 3. The molecule has 0 unspecified atom stereocenters. The molecule has 0 aliphatic rings. The molecule has 2 N–H and O–H groups in total. The van der Waals surface area contributed by atoms with Crippen LogP contribution in [0, 0.1) is 5.82 Å². The van der Waals surface area contributed by atoms with Gasteiger partial charge in [0.05, 0.1) is 5.56 Å². The molecule has 20 heavy (non-hydrogen) atoms. The van der Waals surface area contributed by atoms with Crippen molar-refractivity contribution in [3.8, 4) is 0 Å². The second kappa shape index (κ2) is 6.62.